The average molecular weight is 326 g/mol. The van der Waals surface area contributed by atoms with Gasteiger partial charge < -0.3 is 4.43 Å². The SMILES string of the molecule is CC[C@H](/C=C/I)O[Si](C)(C)C(C)(C)C. The third kappa shape index (κ3) is 4.44. The summed E-state index contributed by atoms with van der Waals surface area (Å²) in [7, 11) is -1.58. The van der Waals surface area contributed by atoms with E-state index in [1.165, 1.54) is 0 Å². The second kappa shape index (κ2) is 5.65. The lowest BCUT2D eigenvalue weighted by Crippen LogP contribution is -2.43. The minimum atomic E-state index is -1.58. The fourth-order valence-corrected chi connectivity index (χ4v) is 2.71. The summed E-state index contributed by atoms with van der Waals surface area (Å²) in [5.74, 6) is 0. The largest absolute Gasteiger partial charge is 0.411 e. The van der Waals surface area contributed by atoms with E-state index < -0.39 is 8.32 Å². The van der Waals surface area contributed by atoms with Gasteiger partial charge in [-0.05, 0) is 28.6 Å². The van der Waals surface area contributed by atoms with Gasteiger partial charge in [0.05, 0.1) is 6.10 Å². The number of rotatable bonds is 4. The predicted octanol–water partition coefficient (Wildman–Crippen LogP) is 4.74. The summed E-state index contributed by atoms with van der Waals surface area (Å²) in [5, 5.41) is 0.305. The van der Waals surface area contributed by atoms with Crippen LogP contribution in [-0.2, 0) is 4.43 Å². The molecule has 0 radical (unpaired) electrons. The Bertz CT molecular complexity index is 194. The molecule has 0 unspecified atom stereocenters. The van der Waals surface area contributed by atoms with Gasteiger partial charge in [0.15, 0.2) is 8.32 Å². The molecule has 0 N–H and O–H groups in total. The van der Waals surface area contributed by atoms with E-state index in [-0.39, 0.29) is 0 Å². The lowest BCUT2D eigenvalue weighted by Gasteiger charge is -2.38. The van der Waals surface area contributed by atoms with Crippen LogP contribution in [0.15, 0.2) is 10.2 Å². The quantitative estimate of drug-likeness (QED) is 0.536. The molecule has 0 aliphatic heterocycles. The fourth-order valence-electron chi connectivity index (χ4n) is 0.895. The van der Waals surface area contributed by atoms with Crippen LogP contribution < -0.4 is 0 Å². The molecule has 14 heavy (non-hydrogen) atoms. The molecular formula is C11H23IOSi. The van der Waals surface area contributed by atoms with Gasteiger partial charge in [0.1, 0.15) is 0 Å². The highest BCUT2D eigenvalue weighted by Gasteiger charge is 2.38. The topological polar surface area (TPSA) is 9.23 Å². The van der Waals surface area contributed by atoms with Gasteiger partial charge in [-0.25, -0.2) is 0 Å². The number of hydrogen-bond acceptors (Lipinski definition) is 1. The lowest BCUT2D eigenvalue weighted by atomic mass is 10.2. The van der Waals surface area contributed by atoms with Crippen molar-refractivity contribution in [3.8, 4) is 0 Å². The summed E-state index contributed by atoms with van der Waals surface area (Å²) in [6.07, 6.45) is 3.51. The Labute approximate surface area is 104 Å². The number of hydrogen-bond donors (Lipinski definition) is 0. The van der Waals surface area contributed by atoms with Crippen LogP contribution >= 0.6 is 22.6 Å². The van der Waals surface area contributed by atoms with E-state index in [0.29, 0.717) is 11.1 Å². The van der Waals surface area contributed by atoms with Crippen LogP contribution in [0.4, 0.5) is 0 Å². The molecule has 3 heteroatoms. The first-order valence-corrected chi connectivity index (χ1v) is 9.34. The molecule has 1 atom stereocenters. The van der Waals surface area contributed by atoms with Gasteiger partial charge >= 0.3 is 0 Å². The Morgan fingerprint density at radius 3 is 2.14 bits per heavy atom. The van der Waals surface area contributed by atoms with E-state index in [1.807, 2.05) is 0 Å². The van der Waals surface area contributed by atoms with Crippen LogP contribution in [0, 0.1) is 0 Å². The zero-order chi connectivity index (χ0) is 11.4. The van der Waals surface area contributed by atoms with Gasteiger partial charge in [-0.2, -0.15) is 0 Å². The van der Waals surface area contributed by atoms with Crippen LogP contribution in [0.3, 0.4) is 0 Å². The summed E-state index contributed by atoms with van der Waals surface area (Å²) in [5.41, 5.74) is 0. The van der Waals surface area contributed by atoms with Gasteiger partial charge in [0, 0.05) is 0 Å². The van der Waals surface area contributed by atoms with Crippen molar-refractivity contribution in [1.82, 2.24) is 0 Å². The Morgan fingerprint density at radius 2 is 1.86 bits per heavy atom. The van der Waals surface area contributed by atoms with E-state index in [0.717, 1.165) is 6.42 Å². The van der Waals surface area contributed by atoms with Crippen LogP contribution in [0.2, 0.25) is 18.1 Å². The summed E-state index contributed by atoms with van der Waals surface area (Å²) < 4.78 is 8.29. The van der Waals surface area contributed by atoms with Crippen molar-refractivity contribution in [3.05, 3.63) is 10.2 Å². The molecule has 0 saturated heterocycles. The summed E-state index contributed by atoms with van der Waals surface area (Å²) in [4.78, 5) is 0. The molecule has 0 spiro atoms. The molecule has 0 aromatic heterocycles. The smallest absolute Gasteiger partial charge is 0.192 e. The Balaban J connectivity index is 4.47. The first kappa shape index (κ1) is 14.6. The third-order valence-corrected chi connectivity index (χ3v) is 7.86. The minimum absolute atomic E-state index is 0.299. The predicted molar refractivity (Wildman–Crippen MR) is 75.5 cm³/mol. The highest BCUT2D eigenvalue weighted by atomic mass is 127. The molecule has 0 fully saturated rings. The van der Waals surface area contributed by atoms with Gasteiger partial charge in [-0.1, -0.05) is 56.4 Å². The Morgan fingerprint density at radius 1 is 1.36 bits per heavy atom. The van der Waals surface area contributed by atoms with E-state index in [2.05, 4.69) is 73.5 Å². The van der Waals surface area contributed by atoms with Crippen molar-refractivity contribution < 1.29 is 4.43 Å². The van der Waals surface area contributed by atoms with Crippen molar-refractivity contribution in [3.63, 3.8) is 0 Å². The highest BCUT2D eigenvalue weighted by Crippen LogP contribution is 2.37. The van der Waals surface area contributed by atoms with Crippen LogP contribution in [0.1, 0.15) is 34.1 Å². The number of halogens is 1. The van der Waals surface area contributed by atoms with Gasteiger partial charge in [-0.15, -0.1) is 0 Å². The van der Waals surface area contributed by atoms with Gasteiger partial charge in [-0.3, -0.25) is 0 Å². The minimum Gasteiger partial charge on any atom is -0.411 e. The molecule has 0 aromatic carbocycles. The van der Waals surface area contributed by atoms with E-state index in [4.69, 9.17) is 4.43 Å². The van der Waals surface area contributed by atoms with Crippen molar-refractivity contribution in [2.24, 2.45) is 0 Å². The van der Waals surface area contributed by atoms with Crippen molar-refractivity contribution in [1.29, 1.82) is 0 Å². The molecule has 0 rings (SSSR count). The van der Waals surface area contributed by atoms with Gasteiger partial charge in [0.2, 0.25) is 0 Å². The molecule has 0 heterocycles. The molecule has 0 aliphatic carbocycles. The van der Waals surface area contributed by atoms with E-state index in [1.54, 1.807) is 0 Å². The summed E-state index contributed by atoms with van der Waals surface area (Å²) in [6.45, 7) is 13.6. The maximum Gasteiger partial charge on any atom is 0.192 e. The second-order valence-corrected chi connectivity index (χ2v) is 10.6. The Kier molecular flexibility index (Phi) is 5.92. The second-order valence-electron chi connectivity index (χ2n) is 5.14. The molecule has 0 bridgehead atoms. The first-order chi connectivity index (χ1) is 6.24. The van der Waals surface area contributed by atoms with Crippen molar-refractivity contribution >= 4 is 30.9 Å². The lowest BCUT2D eigenvalue weighted by molar-refractivity contribution is 0.221. The molecule has 0 aromatic rings. The van der Waals surface area contributed by atoms with Gasteiger partial charge in [0.25, 0.3) is 0 Å². The normalized spacial score (nSPS) is 16.2. The molecular weight excluding hydrogens is 303 g/mol. The fraction of sp³-hybridized carbons (Fsp3) is 0.818. The zero-order valence-corrected chi connectivity index (χ0v) is 13.4. The molecule has 0 aliphatic rings. The Hall–Kier alpha value is 0.647. The van der Waals surface area contributed by atoms with E-state index in [9.17, 15) is 0 Å². The molecule has 84 valence electrons. The summed E-state index contributed by atoms with van der Waals surface area (Å²) in [6, 6.07) is 0. The molecule has 0 amide bonds. The van der Waals surface area contributed by atoms with Crippen LogP contribution in [0.5, 0.6) is 0 Å². The molecule has 0 saturated carbocycles. The van der Waals surface area contributed by atoms with E-state index >= 15 is 0 Å². The first-order valence-electron chi connectivity index (χ1n) is 5.19. The molecule has 1 nitrogen and oxygen atoms in total. The van der Waals surface area contributed by atoms with Crippen LogP contribution in [0.25, 0.3) is 0 Å². The summed E-state index contributed by atoms with van der Waals surface area (Å²) >= 11 is 2.25. The monoisotopic (exact) mass is 326 g/mol. The standard InChI is InChI=1S/C11H23IOSi/c1-7-10(8-9-12)13-14(5,6)11(2,3)4/h8-10H,7H2,1-6H3/b9-8+/t10-/m1/s1. The maximum absolute atomic E-state index is 6.24. The van der Waals surface area contributed by atoms with Crippen molar-refractivity contribution in [2.45, 2.75) is 58.4 Å². The highest BCUT2D eigenvalue weighted by molar-refractivity contribution is 14.1. The third-order valence-electron chi connectivity index (χ3n) is 2.94. The maximum atomic E-state index is 6.24. The average Bonchev–Trinajstić information content (AvgIpc) is 2.01. The van der Waals surface area contributed by atoms with Crippen molar-refractivity contribution in [2.75, 3.05) is 0 Å². The zero-order valence-electron chi connectivity index (χ0n) is 10.2. The van der Waals surface area contributed by atoms with Crippen LogP contribution in [-0.4, -0.2) is 14.4 Å².